The first-order chi connectivity index (χ1) is 25.8. The molecule has 0 saturated heterocycles. The van der Waals surface area contributed by atoms with Gasteiger partial charge in [0.15, 0.2) is 0 Å². The summed E-state index contributed by atoms with van der Waals surface area (Å²) in [6, 6.07) is 62.4. The number of para-hydroxylation sites is 2. The quantitative estimate of drug-likeness (QED) is 0.185. The number of hydrogen-bond donors (Lipinski definition) is 0. The summed E-state index contributed by atoms with van der Waals surface area (Å²) in [7, 11) is 0. The van der Waals surface area contributed by atoms with E-state index in [0.717, 1.165) is 11.2 Å². The van der Waals surface area contributed by atoms with Gasteiger partial charge in [0.05, 0.1) is 27.6 Å². The van der Waals surface area contributed by atoms with Crippen LogP contribution in [-0.4, -0.2) is 14.1 Å². The predicted molar refractivity (Wildman–Crippen MR) is 218 cm³/mol. The van der Waals surface area contributed by atoms with Crippen LogP contribution in [0.1, 0.15) is 0 Å². The summed E-state index contributed by atoms with van der Waals surface area (Å²) in [5, 5.41) is 8.78. The van der Waals surface area contributed by atoms with Crippen LogP contribution in [0.25, 0.3) is 110 Å². The molecule has 0 atom stereocenters. The molecule has 3 heteroatoms. The molecular weight excluding hydrogens is 631 g/mol. The van der Waals surface area contributed by atoms with Gasteiger partial charge >= 0.3 is 0 Å². The lowest BCUT2D eigenvalue weighted by molar-refractivity contribution is 1.18. The largest absolute Gasteiger partial charge is 0.309 e. The molecule has 11 aromatic rings. The van der Waals surface area contributed by atoms with E-state index in [9.17, 15) is 0 Å². The van der Waals surface area contributed by atoms with E-state index >= 15 is 0 Å². The van der Waals surface area contributed by atoms with Crippen LogP contribution in [0.4, 0.5) is 0 Å². The molecule has 0 N–H and O–H groups in total. The lowest BCUT2D eigenvalue weighted by Gasteiger charge is -2.11. The molecule has 0 saturated carbocycles. The van der Waals surface area contributed by atoms with Crippen LogP contribution in [0.5, 0.6) is 0 Å². The van der Waals surface area contributed by atoms with Crippen molar-refractivity contribution >= 4 is 65.3 Å². The van der Waals surface area contributed by atoms with Crippen LogP contribution in [0.15, 0.2) is 176 Å². The molecule has 1 aliphatic carbocycles. The van der Waals surface area contributed by atoms with Crippen molar-refractivity contribution in [1.82, 2.24) is 14.1 Å². The monoisotopic (exact) mass is 659 g/mol. The van der Waals surface area contributed by atoms with Gasteiger partial charge in [-0.1, -0.05) is 91.0 Å². The number of hydrogen-bond acceptors (Lipinski definition) is 1. The highest BCUT2D eigenvalue weighted by Gasteiger charge is 2.23. The molecule has 8 aromatic carbocycles. The Hall–Kier alpha value is -6.97. The third-order valence-electron chi connectivity index (χ3n) is 11.3. The Labute approximate surface area is 299 Å². The molecule has 52 heavy (non-hydrogen) atoms. The van der Waals surface area contributed by atoms with Gasteiger partial charge in [-0.15, -0.1) is 0 Å². The fourth-order valence-electron chi connectivity index (χ4n) is 8.96. The summed E-state index contributed by atoms with van der Waals surface area (Å²) in [5.74, 6) is 0. The van der Waals surface area contributed by atoms with E-state index in [4.69, 9.17) is 0 Å². The predicted octanol–water partition coefficient (Wildman–Crippen LogP) is 12.9. The van der Waals surface area contributed by atoms with Gasteiger partial charge in [-0.05, 0) is 123 Å². The van der Waals surface area contributed by atoms with Gasteiger partial charge in [-0.2, -0.15) is 0 Å². The Morgan fingerprint density at radius 2 is 1.00 bits per heavy atom. The molecule has 0 fully saturated rings. The molecule has 0 spiro atoms. The number of fused-ring (bicyclic) bond motifs is 10. The Bertz CT molecular complexity index is 3280. The van der Waals surface area contributed by atoms with E-state index in [2.05, 4.69) is 184 Å². The van der Waals surface area contributed by atoms with Gasteiger partial charge in [-0.3, -0.25) is 4.98 Å². The average molecular weight is 660 g/mol. The van der Waals surface area contributed by atoms with Gasteiger partial charge < -0.3 is 9.13 Å². The van der Waals surface area contributed by atoms with E-state index < -0.39 is 0 Å². The van der Waals surface area contributed by atoms with Gasteiger partial charge in [0.25, 0.3) is 0 Å². The minimum Gasteiger partial charge on any atom is -0.309 e. The van der Waals surface area contributed by atoms with E-state index in [-0.39, 0.29) is 0 Å². The molecule has 0 amide bonds. The SMILES string of the molecule is c1ccc(-n2c3ccc(-c4ccc5c(c4)c4ccccc4n5-c4ccc5c(c4)-c4cccc6nccc-5c46)cc3c3cc4ccccc4cc32)cc1. The van der Waals surface area contributed by atoms with Crippen molar-refractivity contribution in [3.8, 4) is 44.8 Å². The maximum atomic E-state index is 4.67. The molecule has 0 unspecified atom stereocenters. The van der Waals surface area contributed by atoms with Crippen LogP contribution in [0, 0.1) is 0 Å². The molecule has 3 nitrogen and oxygen atoms in total. The van der Waals surface area contributed by atoms with E-state index in [1.54, 1.807) is 0 Å². The zero-order valence-electron chi connectivity index (χ0n) is 28.1. The lowest BCUT2D eigenvalue weighted by Crippen LogP contribution is -1.94. The Balaban J connectivity index is 1.05. The fraction of sp³-hybridized carbons (Fsp3) is 0. The third-order valence-corrected chi connectivity index (χ3v) is 11.3. The van der Waals surface area contributed by atoms with Crippen LogP contribution >= 0.6 is 0 Å². The van der Waals surface area contributed by atoms with Gasteiger partial charge in [0.1, 0.15) is 0 Å². The zero-order chi connectivity index (χ0) is 33.9. The molecule has 0 bridgehead atoms. The summed E-state index contributed by atoms with van der Waals surface area (Å²) < 4.78 is 4.83. The average Bonchev–Trinajstić information content (AvgIpc) is 3.83. The first-order valence-electron chi connectivity index (χ1n) is 17.9. The fourth-order valence-corrected chi connectivity index (χ4v) is 8.96. The highest BCUT2D eigenvalue weighted by molar-refractivity contribution is 6.17. The smallest absolute Gasteiger partial charge is 0.0714 e. The van der Waals surface area contributed by atoms with E-state index in [0.29, 0.717) is 0 Å². The number of pyridine rings is 1. The van der Waals surface area contributed by atoms with Crippen molar-refractivity contribution in [1.29, 1.82) is 0 Å². The summed E-state index contributed by atoms with van der Waals surface area (Å²) in [6.45, 7) is 0. The summed E-state index contributed by atoms with van der Waals surface area (Å²) in [5.41, 5.74) is 15.7. The number of nitrogens with zero attached hydrogens (tertiary/aromatic N) is 3. The first-order valence-corrected chi connectivity index (χ1v) is 17.9. The molecule has 1 aliphatic rings. The molecule has 3 aromatic heterocycles. The maximum absolute atomic E-state index is 4.67. The standard InChI is InChI=1S/C49H29N3/c1-2-11-34(12-3-1)51-47-22-18-33(27-42(47)43-25-30-9-4-5-10-31(30)28-48(43)51)32-17-21-46-41(26-32)37-13-6-7-16-45(37)52(46)35-19-20-36-39-23-24-50-44-15-8-14-38(49(39)44)40(36)29-35/h1-29H. The van der Waals surface area contributed by atoms with Crippen LogP contribution in [0.3, 0.4) is 0 Å². The second-order valence-electron chi connectivity index (χ2n) is 14.0. The van der Waals surface area contributed by atoms with Crippen molar-refractivity contribution in [2.75, 3.05) is 0 Å². The van der Waals surface area contributed by atoms with Crippen molar-refractivity contribution in [2.45, 2.75) is 0 Å². The van der Waals surface area contributed by atoms with Crippen molar-refractivity contribution < 1.29 is 0 Å². The summed E-state index contributed by atoms with van der Waals surface area (Å²) in [6.07, 6.45) is 1.93. The number of aromatic nitrogens is 3. The minimum absolute atomic E-state index is 1.05. The second-order valence-corrected chi connectivity index (χ2v) is 14.0. The van der Waals surface area contributed by atoms with Gasteiger partial charge in [0, 0.05) is 44.5 Å². The van der Waals surface area contributed by atoms with Crippen molar-refractivity contribution in [3.63, 3.8) is 0 Å². The lowest BCUT2D eigenvalue weighted by atomic mass is 10.00. The molecular formula is C49H29N3. The zero-order valence-corrected chi connectivity index (χ0v) is 28.1. The highest BCUT2D eigenvalue weighted by Crippen LogP contribution is 2.48. The topological polar surface area (TPSA) is 22.8 Å². The maximum Gasteiger partial charge on any atom is 0.0714 e. The van der Waals surface area contributed by atoms with E-state index in [1.807, 2.05) is 6.20 Å². The van der Waals surface area contributed by atoms with Crippen molar-refractivity contribution in [3.05, 3.63) is 176 Å². The molecule has 12 rings (SSSR count). The first kappa shape index (κ1) is 27.8. The van der Waals surface area contributed by atoms with Crippen LogP contribution in [-0.2, 0) is 0 Å². The van der Waals surface area contributed by atoms with Crippen molar-refractivity contribution in [2.24, 2.45) is 0 Å². The third kappa shape index (κ3) is 3.77. The Morgan fingerprint density at radius 3 is 1.83 bits per heavy atom. The van der Waals surface area contributed by atoms with E-state index in [1.165, 1.54) is 98.8 Å². The molecule has 3 heterocycles. The minimum atomic E-state index is 1.05. The summed E-state index contributed by atoms with van der Waals surface area (Å²) >= 11 is 0. The summed E-state index contributed by atoms with van der Waals surface area (Å²) in [4.78, 5) is 4.67. The molecule has 0 aliphatic heterocycles. The van der Waals surface area contributed by atoms with Crippen LogP contribution < -0.4 is 0 Å². The molecule has 0 radical (unpaired) electrons. The van der Waals surface area contributed by atoms with Crippen LogP contribution in [0.2, 0.25) is 0 Å². The number of benzene rings is 8. The number of rotatable bonds is 3. The van der Waals surface area contributed by atoms with Gasteiger partial charge in [0.2, 0.25) is 0 Å². The highest BCUT2D eigenvalue weighted by atomic mass is 15.0. The normalized spacial score (nSPS) is 12.2. The molecule has 240 valence electrons. The Morgan fingerprint density at radius 1 is 0.346 bits per heavy atom. The Kier molecular flexibility index (Phi) is 5.50. The van der Waals surface area contributed by atoms with Gasteiger partial charge in [-0.25, -0.2) is 0 Å². The second kappa shape index (κ2) is 10.3.